The molecule has 1 amide bonds. The van der Waals surface area contributed by atoms with Crippen LogP contribution in [0.15, 0.2) is 16.7 Å². The first kappa shape index (κ1) is 13.9. The molecule has 0 aliphatic carbocycles. The van der Waals surface area contributed by atoms with Gasteiger partial charge in [-0.15, -0.1) is 0 Å². The van der Waals surface area contributed by atoms with Gasteiger partial charge in [-0.1, -0.05) is 18.5 Å². The number of carbonyl (C=O) groups is 2. The van der Waals surface area contributed by atoms with E-state index in [0.29, 0.717) is 10.9 Å². The van der Waals surface area contributed by atoms with Gasteiger partial charge < -0.3 is 10.4 Å². The van der Waals surface area contributed by atoms with Crippen molar-refractivity contribution in [2.45, 2.75) is 19.4 Å². The smallest absolute Gasteiger partial charge is 0.326 e. The van der Waals surface area contributed by atoms with Crippen molar-refractivity contribution in [1.29, 1.82) is 0 Å². The minimum Gasteiger partial charge on any atom is -0.480 e. The molecule has 0 radical (unpaired) electrons. The minimum absolute atomic E-state index is 0.0333. The number of halogens is 2. The highest BCUT2D eigenvalue weighted by Crippen LogP contribution is 2.18. The number of carbonyl (C=O) groups excluding carboxylic acids is 1. The summed E-state index contributed by atoms with van der Waals surface area (Å²) in [6, 6.07) is 0.553. The normalized spacial score (nSPS) is 11.9. The third-order valence-corrected chi connectivity index (χ3v) is 2.80. The molecule has 0 fully saturated rings. The summed E-state index contributed by atoms with van der Waals surface area (Å²) in [7, 11) is 0. The number of amides is 1. The fourth-order valence-electron chi connectivity index (χ4n) is 1.16. The molecule has 92 valence electrons. The van der Waals surface area contributed by atoms with Gasteiger partial charge in [0.05, 0.1) is 5.56 Å². The Kier molecular flexibility index (Phi) is 4.89. The third kappa shape index (κ3) is 3.67. The fraction of sp³-hybridized carbons (Fsp3) is 0.300. The number of hydrogen-bond acceptors (Lipinski definition) is 3. The van der Waals surface area contributed by atoms with Gasteiger partial charge in [0.25, 0.3) is 5.91 Å². The van der Waals surface area contributed by atoms with Crippen molar-refractivity contribution < 1.29 is 14.7 Å². The predicted molar refractivity (Wildman–Crippen MR) is 66.1 cm³/mol. The second kappa shape index (κ2) is 5.97. The summed E-state index contributed by atoms with van der Waals surface area (Å²) >= 11 is 8.92. The molecule has 0 saturated carbocycles. The van der Waals surface area contributed by atoms with E-state index >= 15 is 0 Å². The van der Waals surface area contributed by atoms with Crippen LogP contribution in [0.5, 0.6) is 0 Å². The van der Waals surface area contributed by atoms with Crippen molar-refractivity contribution in [2.75, 3.05) is 0 Å². The first-order chi connectivity index (χ1) is 7.95. The molecule has 5 nitrogen and oxygen atoms in total. The van der Waals surface area contributed by atoms with Crippen molar-refractivity contribution in [3.63, 3.8) is 0 Å². The van der Waals surface area contributed by atoms with Gasteiger partial charge in [-0.05, 0) is 28.4 Å². The Labute approximate surface area is 111 Å². The lowest BCUT2D eigenvalue weighted by atomic mass is 10.2. The Morgan fingerprint density at radius 3 is 2.82 bits per heavy atom. The number of rotatable bonds is 4. The zero-order valence-electron chi connectivity index (χ0n) is 8.91. The lowest BCUT2D eigenvalue weighted by Crippen LogP contribution is -2.40. The van der Waals surface area contributed by atoms with Crippen LogP contribution in [-0.2, 0) is 4.79 Å². The number of nitrogens with zero attached hydrogens (tertiary/aromatic N) is 1. The van der Waals surface area contributed by atoms with Gasteiger partial charge in [-0.25, -0.2) is 9.78 Å². The number of aliphatic carboxylic acids is 1. The van der Waals surface area contributed by atoms with Gasteiger partial charge in [0.1, 0.15) is 11.2 Å². The van der Waals surface area contributed by atoms with Gasteiger partial charge >= 0.3 is 5.97 Å². The molecule has 17 heavy (non-hydrogen) atoms. The van der Waals surface area contributed by atoms with Crippen molar-refractivity contribution in [3.05, 3.63) is 27.5 Å². The number of carboxylic acid groups (broad SMARTS) is 1. The summed E-state index contributed by atoms with van der Waals surface area (Å²) in [6.07, 6.45) is 1.74. The molecular weight excluding hydrogens is 311 g/mol. The van der Waals surface area contributed by atoms with Crippen LogP contribution < -0.4 is 5.32 Å². The summed E-state index contributed by atoms with van der Waals surface area (Å²) in [5, 5.41) is 11.2. The van der Waals surface area contributed by atoms with Crippen LogP contribution in [0.2, 0.25) is 5.15 Å². The number of hydrogen-bond donors (Lipinski definition) is 2. The van der Waals surface area contributed by atoms with E-state index in [0.717, 1.165) is 0 Å². The Morgan fingerprint density at radius 1 is 1.65 bits per heavy atom. The highest BCUT2D eigenvalue weighted by molar-refractivity contribution is 9.10. The largest absolute Gasteiger partial charge is 0.480 e. The summed E-state index contributed by atoms with van der Waals surface area (Å²) in [5.74, 6) is -1.64. The standard InChI is InChI=1S/C10H10BrClN2O3/c1-2-7(10(16)17)14-9(15)6-3-5(11)4-13-8(6)12/h3-4,7H,2H2,1H3,(H,14,15)(H,16,17)/t7-/m0/s1. The molecule has 1 rings (SSSR count). The SMILES string of the molecule is CC[C@H](NC(=O)c1cc(Br)cnc1Cl)C(=O)O. The van der Waals surface area contributed by atoms with Crippen LogP contribution in [0.4, 0.5) is 0 Å². The molecular formula is C10H10BrClN2O3. The lowest BCUT2D eigenvalue weighted by molar-refractivity contribution is -0.139. The van der Waals surface area contributed by atoms with Crippen molar-refractivity contribution in [1.82, 2.24) is 10.3 Å². The fourth-order valence-corrected chi connectivity index (χ4v) is 1.68. The number of nitrogens with one attached hydrogen (secondary N) is 1. The zero-order chi connectivity index (χ0) is 13.0. The number of pyridine rings is 1. The molecule has 1 atom stereocenters. The highest BCUT2D eigenvalue weighted by atomic mass is 79.9. The van der Waals surface area contributed by atoms with Crippen LogP contribution in [0.1, 0.15) is 23.7 Å². The Balaban J connectivity index is 2.89. The molecule has 0 aromatic carbocycles. The Hall–Kier alpha value is -1.14. The van der Waals surface area contributed by atoms with Crippen LogP contribution in [0.3, 0.4) is 0 Å². The monoisotopic (exact) mass is 320 g/mol. The molecule has 2 N–H and O–H groups in total. The van der Waals surface area contributed by atoms with Crippen molar-refractivity contribution in [3.8, 4) is 0 Å². The molecule has 1 aromatic rings. The first-order valence-electron chi connectivity index (χ1n) is 4.80. The molecule has 0 bridgehead atoms. The van der Waals surface area contributed by atoms with E-state index in [1.165, 1.54) is 12.3 Å². The minimum atomic E-state index is -1.08. The van der Waals surface area contributed by atoms with Gasteiger partial charge in [0.15, 0.2) is 0 Å². The van der Waals surface area contributed by atoms with Crippen molar-refractivity contribution in [2.24, 2.45) is 0 Å². The molecule has 0 aliphatic rings. The summed E-state index contributed by atoms with van der Waals surface area (Å²) in [6.45, 7) is 1.67. The maximum Gasteiger partial charge on any atom is 0.326 e. The number of carboxylic acids is 1. The average Bonchev–Trinajstić information content (AvgIpc) is 2.28. The van der Waals surface area contributed by atoms with Gasteiger partial charge in [0.2, 0.25) is 0 Å². The average molecular weight is 322 g/mol. The van der Waals surface area contributed by atoms with E-state index in [1.807, 2.05) is 0 Å². The molecule has 1 aromatic heterocycles. The predicted octanol–water partition coefficient (Wildman–Crippen LogP) is 2.09. The third-order valence-electron chi connectivity index (χ3n) is 2.06. The lowest BCUT2D eigenvalue weighted by Gasteiger charge is -2.12. The summed E-state index contributed by atoms with van der Waals surface area (Å²) in [4.78, 5) is 26.3. The summed E-state index contributed by atoms with van der Waals surface area (Å²) < 4.78 is 0.593. The zero-order valence-corrected chi connectivity index (χ0v) is 11.2. The Bertz CT molecular complexity index is 453. The maximum absolute atomic E-state index is 11.8. The van der Waals surface area contributed by atoms with E-state index in [2.05, 4.69) is 26.2 Å². The van der Waals surface area contributed by atoms with E-state index in [1.54, 1.807) is 6.92 Å². The van der Waals surface area contributed by atoms with Crippen LogP contribution in [-0.4, -0.2) is 28.0 Å². The van der Waals surface area contributed by atoms with E-state index in [9.17, 15) is 9.59 Å². The molecule has 0 aliphatic heterocycles. The maximum atomic E-state index is 11.8. The molecule has 7 heteroatoms. The van der Waals surface area contributed by atoms with E-state index < -0.39 is 17.9 Å². The van der Waals surface area contributed by atoms with Crippen LogP contribution in [0, 0.1) is 0 Å². The molecule has 0 saturated heterocycles. The second-order valence-corrected chi connectivity index (χ2v) is 4.54. The second-order valence-electron chi connectivity index (χ2n) is 3.26. The molecule has 1 heterocycles. The van der Waals surface area contributed by atoms with E-state index in [-0.39, 0.29) is 10.7 Å². The van der Waals surface area contributed by atoms with Crippen LogP contribution >= 0.6 is 27.5 Å². The molecule has 0 spiro atoms. The quantitative estimate of drug-likeness (QED) is 0.832. The Morgan fingerprint density at radius 2 is 2.29 bits per heavy atom. The van der Waals surface area contributed by atoms with Gasteiger partial charge in [-0.2, -0.15) is 0 Å². The first-order valence-corrected chi connectivity index (χ1v) is 5.97. The molecule has 0 unspecified atom stereocenters. The van der Waals surface area contributed by atoms with Gasteiger partial charge in [-0.3, -0.25) is 4.79 Å². The topological polar surface area (TPSA) is 79.3 Å². The van der Waals surface area contributed by atoms with Gasteiger partial charge in [0, 0.05) is 10.7 Å². The highest BCUT2D eigenvalue weighted by Gasteiger charge is 2.20. The number of aromatic nitrogens is 1. The van der Waals surface area contributed by atoms with E-state index in [4.69, 9.17) is 16.7 Å². The van der Waals surface area contributed by atoms with Crippen LogP contribution in [0.25, 0.3) is 0 Å². The summed E-state index contributed by atoms with van der Waals surface area (Å²) in [5.41, 5.74) is 0.140. The van der Waals surface area contributed by atoms with Crippen molar-refractivity contribution >= 4 is 39.4 Å².